The van der Waals surface area contributed by atoms with Gasteiger partial charge in [-0.05, 0) is 80.9 Å². The van der Waals surface area contributed by atoms with Crippen molar-refractivity contribution in [2.45, 2.75) is 45.3 Å². The first-order chi connectivity index (χ1) is 15.2. The largest absolute Gasteiger partial charge is 0.383 e. The van der Waals surface area contributed by atoms with Gasteiger partial charge in [0.15, 0.2) is 0 Å². The summed E-state index contributed by atoms with van der Waals surface area (Å²) in [6.07, 6.45) is 9.18. The van der Waals surface area contributed by atoms with Crippen molar-refractivity contribution in [3.05, 3.63) is 47.8 Å². The third-order valence-corrected chi connectivity index (χ3v) is 6.81. The van der Waals surface area contributed by atoms with Crippen molar-refractivity contribution in [1.29, 1.82) is 0 Å². The van der Waals surface area contributed by atoms with E-state index in [0.717, 1.165) is 44.5 Å². The summed E-state index contributed by atoms with van der Waals surface area (Å²) < 4.78 is 13.2. The topological polar surface area (TPSA) is 42.8 Å². The third-order valence-electron chi connectivity index (χ3n) is 6.81. The highest BCUT2D eigenvalue weighted by atomic mass is 16.5. The maximum Gasteiger partial charge on any atom is 0.0702 e. The minimum absolute atomic E-state index is 0.394. The Balaban J connectivity index is 1.38. The highest BCUT2D eigenvalue weighted by molar-refractivity contribution is 5.39. The molecule has 2 fully saturated rings. The first kappa shape index (κ1) is 22.5. The van der Waals surface area contributed by atoms with Gasteiger partial charge < -0.3 is 14.4 Å². The lowest BCUT2D eigenvalue weighted by atomic mass is 9.95. The first-order valence-electron chi connectivity index (χ1n) is 11.9. The van der Waals surface area contributed by atoms with Gasteiger partial charge in [-0.25, -0.2) is 4.68 Å². The van der Waals surface area contributed by atoms with Crippen LogP contribution in [0.15, 0.2) is 36.7 Å². The average Bonchev–Trinajstić information content (AvgIpc) is 3.49. The van der Waals surface area contributed by atoms with Crippen LogP contribution < -0.4 is 0 Å². The van der Waals surface area contributed by atoms with Crippen molar-refractivity contribution in [1.82, 2.24) is 19.6 Å². The number of aromatic nitrogens is 2. The monoisotopic (exact) mass is 426 g/mol. The number of piperidine rings is 1. The molecule has 0 N–H and O–H groups in total. The second-order valence-corrected chi connectivity index (χ2v) is 9.17. The number of nitrogens with zero attached hydrogens (tertiary/aromatic N) is 4. The number of ether oxygens (including phenoxy) is 2. The minimum Gasteiger partial charge on any atom is -0.383 e. The lowest BCUT2D eigenvalue weighted by Gasteiger charge is -2.35. The molecule has 0 aliphatic carbocycles. The Morgan fingerprint density at radius 2 is 2.06 bits per heavy atom. The molecule has 4 rings (SSSR count). The number of hydrogen-bond donors (Lipinski definition) is 0. The van der Waals surface area contributed by atoms with E-state index in [1.165, 1.54) is 56.4 Å². The fourth-order valence-corrected chi connectivity index (χ4v) is 4.92. The molecule has 0 spiro atoms. The number of rotatable bonds is 10. The number of benzene rings is 1. The smallest absolute Gasteiger partial charge is 0.0702 e. The van der Waals surface area contributed by atoms with E-state index in [1.807, 2.05) is 23.1 Å². The van der Waals surface area contributed by atoms with Crippen LogP contribution in [0.4, 0.5) is 0 Å². The summed E-state index contributed by atoms with van der Waals surface area (Å²) in [6, 6.07) is 8.68. The molecule has 31 heavy (non-hydrogen) atoms. The Bertz CT molecular complexity index is 781. The molecule has 2 aliphatic rings. The van der Waals surface area contributed by atoms with Crippen LogP contribution in [0.2, 0.25) is 0 Å². The molecule has 1 aromatic heterocycles. The number of methoxy groups -OCH3 is 1. The van der Waals surface area contributed by atoms with Gasteiger partial charge in [0.2, 0.25) is 0 Å². The van der Waals surface area contributed by atoms with Crippen LogP contribution >= 0.6 is 0 Å². The van der Waals surface area contributed by atoms with Crippen LogP contribution in [-0.4, -0.2) is 78.7 Å². The summed E-state index contributed by atoms with van der Waals surface area (Å²) in [6.45, 7) is 10.6. The molecule has 2 saturated heterocycles. The summed E-state index contributed by atoms with van der Waals surface area (Å²) in [5.41, 5.74) is 3.87. The molecule has 0 saturated carbocycles. The molecule has 1 atom stereocenters. The summed E-state index contributed by atoms with van der Waals surface area (Å²) in [5.74, 6) is 0.767. The Morgan fingerprint density at radius 1 is 1.19 bits per heavy atom. The van der Waals surface area contributed by atoms with Crippen LogP contribution in [0.5, 0.6) is 0 Å². The maximum absolute atomic E-state index is 5.99. The van der Waals surface area contributed by atoms with Crippen molar-refractivity contribution < 1.29 is 9.47 Å². The van der Waals surface area contributed by atoms with Gasteiger partial charge in [0.1, 0.15) is 0 Å². The quantitative estimate of drug-likeness (QED) is 0.582. The Morgan fingerprint density at radius 3 is 2.74 bits per heavy atom. The number of hydrogen-bond acceptors (Lipinski definition) is 5. The molecular formula is C25H38N4O2. The SMILES string of the molecule is COCCN1CCC(CN(Cc2ccc(-n3cccn3)cc2C)C[C@H]2CCCO2)CC1. The highest BCUT2D eigenvalue weighted by Crippen LogP contribution is 2.23. The van der Waals surface area contributed by atoms with Crippen molar-refractivity contribution in [3.63, 3.8) is 0 Å². The van der Waals surface area contributed by atoms with E-state index in [1.54, 1.807) is 7.11 Å². The molecule has 1 aromatic carbocycles. The van der Waals surface area contributed by atoms with E-state index in [0.29, 0.717) is 6.10 Å². The molecule has 2 aliphatic heterocycles. The van der Waals surface area contributed by atoms with E-state index in [-0.39, 0.29) is 0 Å². The average molecular weight is 427 g/mol. The molecule has 3 heterocycles. The van der Waals surface area contributed by atoms with Crippen molar-refractivity contribution in [3.8, 4) is 5.69 Å². The number of aryl methyl sites for hydroxylation is 1. The summed E-state index contributed by atoms with van der Waals surface area (Å²) in [7, 11) is 1.79. The van der Waals surface area contributed by atoms with E-state index in [4.69, 9.17) is 9.47 Å². The minimum atomic E-state index is 0.394. The first-order valence-corrected chi connectivity index (χ1v) is 11.9. The van der Waals surface area contributed by atoms with Gasteiger partial charge in [-0.15, -0.1) is 0 Å². The zero-order valence-corrected chi connectivity index (χ0v) is 19.2. The third kappa shape index (κ3) is 6.39. The van der Waals surface area contributed by atoms with E-state index in [9.17, 15) is 0 Å². The summed E-state index contributed by atoms with van der Waals surface area (Å²) in [5, 5.41) is 4.37. The van der Waals surface area contributed by atoms with Gasteiger partial charge >= 0.3 is 0 Å². The zero-order chi connectivity index (χ0) is 21.5. The Kier molecular flexibility index (Phi) is 8.14. The molecule has 6 heteroatoms. The van der Waals surface area contributed by atoms with Crippen molar-refractivity contribution in [2.75, 3.05) is 53.0 Å². The lowest BCUT2D eigenvalue weighted by Crippen LogP contribution is -2.41. The normalized spacial score (nSPS) is 20.7. The van der Waals surface area contributed by atoms with E-state index >= 15 is 0 Å². The molecule has 0 amide bonds. The van der Waals surface area contributed by atoms with Gasteiger partial charge in [-0.3, -0.25) is 4.90 Å². The molecule has 170 valence electrons. The van der Waals surface area contributed by atoms with Gasteiger partial charge in [0.25, 0.3) is 0 Å². The molecule has 6 nitrogen and oxygen atoms in total. The van der Waals surface area contributed by atoms with Gasteiger partial charge in [0.05, 0.1) is 18.4 Å². The molecule has 0 radical (unpaired) electrons. The van der Waals surface area contributed by atoms with Gasteiger partial charge in [-0.1, -0.05) is 6.07 Å². The molecule has 0 unspecified atom stereocenters. The Labute approximate surface area is 187 Å². The van der Waals surface area contributed by atoms with Gasteiger partial charge in [-0.2, -0.15) is 5.10 Å². The van der Waals surface area contributed by atoms with Crippen LogP contribution in [0, 0.1) is 12.8 Å². The van der Waals surface area contributed by atoms with Crippen molar-refractivity contribution >= 4 is 0 Å². The van der Waals surface area contributed by atoms with Crippen LogP contribution in [0.1, 0.15) is 36.8 Å². The predicted molar refractivity (Wildman–Crippen MR) is 124 cm³/mol. The number of likely N-dealkylation sites (tertiary alicyclic amines) is 1. The second kappa shape index (κ2) is 11.2. The Hall–Kier alpha value is -1.73. The molecular weight excluding hydrogens is 388 g/mol. The molecule has 2 aromatic rings. The predicted octanol–water partition coefficient (Wildman–Crippen LogP) is 3.52. The van der Waals surface area contributed by atoms with Crippen LogP contribution in [0.25, 0.3) is 5.69 Å². The lowest BCUT2D eigenvalue weighted by molar-refractivity contribution is 0.0551. The summed E-state index contributed by atoms with van der Waals surface area (Å²) in [4.78, 5) is 5.20. The zero-order valence-electron chi connectivity index (χ0n) is 19.2. The standard InChI is InChI=1S/C25H38N4O2/c1-21-17-24(29-11-4-10-26-29)7-6-23(21)19-28(20-25-5-3-15-31-25)18-22-8-12-27(13-9-22)14-16-30-2/h4,6-7,10-11,17,22,25H,3,5,8-9,12-16,18-20H2,1-2H3/t25-/m1/s1. The fraction of sp³-hybridized carbons (Fsp3) is 0.640. The molecule has 0 bridgehead atoms. The van der Waals surface area contributed by atoms with Gasteiger partial charge in [0, 0.05) is 52.3 Å². The highest BCUT2D eigenvalue weighted by Gasteiger charge is 2.25. The van der Waals surface area contributed by atoms with E-state index < -0.39 is 0 Å². The van der Waals surface area contributed by atoms with E-state index in [2.05, 4.69) is 40.0 Å². The summed E-state index contributed by atoms with van der Waals surface area (Å²) >= 11 is 0. The second-order valence-electron chi connectivity index (χ2n) is 9.17. The fourth-order valence-electron chi connectivity index (χ4n) is 4.92. The van der Waals surface area contributed by atoms with Crippen LogP contribution in [0.3, 0.4) is 0 Å². The van der Waals surface area contributed by atoms with Crippen molar-refractivity contribution in [2.24, 2.45) is 5.92 Å². The van der Waals surface area contributed by atoms with Crippen LogP contribution in [-0.2, 0) is 16.0 Å². The maximum atomic E-state index is 5.99.